The third kappa shape index (κ3) is 2.25. The molecule has 6 fully saturated rings. The van der Waals surface area contributed by atoms with E-state index in [0.717, 1.165) is 63.2 Å². The third-order valence-corrected chi connectivity index (χ3v) is 12.0. The molecule has 2 N–H and O–H groups in total. The van der Waals surface area contributed by atoms with Gasteiger partial charge in [-0.3, -0.25) is 4.90 Å². The van der Waals surface area contributed by atoms with Gasteiger partial charge >= 0.3 is 0 Å². The summed E-state index contributed by atoms with van der Waals surface area (Å²) in [6.07, 6.45) is 12.4. The number of aromatic hydroxyl groups is 1. The first kappa shape index (κ1) is 20.8. The van der Waals surface area contributed by atoms with Crippen molar-refractivity contribution in [3.63, 3.8) is 0 Å². The van der Waals surface area contributed by atoms with Gasteiger partial charge in [-0.15, -0.1) is 0 Å². The van der Waals surface area contributed by atoms with Crippen LogP contribution >= 0.6 is 0 Å². The number of nitrogens with zero attached hydrogens (tertiary/aromatic N) is 1. The normalized spacial score (nSPS) is 45.3. The molecule has 6 aliphatic carbocycles. The number of aliphatic hydroxyl groups is 1. The highest BCUT2D eigenvalue weighted by Gasteiger charge is 2.81. The molecule has 5 heteroatoms. The van der Waals surface area contributed by atoms with E-state index in [4.69, 9.17) is 9.47 Å². The molecule has 34 heavy (non-hydrogen) atoms. The second-order valence-corrected chi connectivity index (χ2v) is 13.0. The Kier molecular flexibility index (Phi) is 4.12. The third-order valence-electron chi connectivity index (χ3n) is 12.0. The molecule has 0 aromatic heterocycles. The van der Waals surface area contributed by atoms with E-state index in [0.29, 0.717) is 12.0 Å². The summed E-state index contributed by atoms with van der Waals surface area (Å²) >= 11 is 0. The van der Waals surface area contributed by atoms with E-state index in [-0.39, 0.29) is 34.7 Å². The van der Waals surface area contributed by atoms with Crippen LogP contribution in [-0.4, -0.2) is 59.2 Å². The molecule has 5 nitrogen and oxygen atoms in total. The van der Waals surface area contributed by atoms with Gasteiger partial charge in [-0.25, -0.2) is 0 Å². The molecule has 184 valence electrons. The Labute approximate surface area is 202 Å². The van der Waals surface area contributed by atoms with Crippen molar-refractivity contribution in [3.05, 3.63) is 23.3 Å². The Hall–Kier alpha value is -1.30. The topological polar surface area (TPSA) is 62.2 Å². The summed E-state index contributed by atoms with van der Waals surface area (Å²) in [4.78, 5) is 2.85. The number of hydrogen-bond donors (Lipinski definition) is 2. The van der Waals surface area contributed by atoms with Crippen molar-refractivity contribution >= 4 is 0 Å². The fourth-order valence-corrected chi connectivity index (χ4v) is 10.5. The van der Waals surface area contributed by atoms with Crippen molar-refractivity contribution in [2.24, 2.45) is 23.2 Å². The zero-order chi connectivity index (χ0) is 22.9. The Bertz CT molecular complexity index is 1030. The van der Waals surface area contributed by atoms with E-state index in [1.807, 2.05) is 13.2 Å². The highest BCUT2D eigenvalue weighted by atomic mass is 16.6. The lowest BCUT2D eigenvalue weighted by Crippen LogP contribution is -2.82. The molecule has 8 aliphatic rings. The van der Waals surface area contributed by atoms with Crippen molar-refractivity contribution in [2.45, 2.75) is 99.9 Å². The Morgan fingerprint density at radius 1 is 1.15 bits per heavy atom. The molecular formula is C29H39NO4. The zero-order valence-electron chi connectivity index (χ0n) is 20.5. The molecule has 0 unspecified atom stereocenters. The van der Waals surface area contributed by atoms with Crippen LogP contribution in [0.2, 0.25) is 0 Å². The number of methoxy groups -OCH3 is 1. The largest absolute Gasteiger partial charge is 0.504 e. The van der Waals surface area contributed by atoms with Crippen LogP contribution in [0.15, 0.2) is 12.1 Å². The van der Waals surface area contributed by atoms with E-state index >= 15 is 0 Å². The first-order valence-corrected chi connectivity index (χ1v) is 14.0. The fourth-order valence-electron chi connectivity index (χ4n) is 10.5. The first-order chi connectivity index (χ1) is 16.5. The smallest absolute Gasteiger partial charge is 0.165 e. The number of ether oxygens (including phenoxy) is 2. The molecule has 1 aromatic carbocycles. The van der Waals surface area contributed by atoms with Crippen LogP contribution in [0.5, 0.6) is 11.5 Å². The van der Waals surface area contributed by atoms with Gasteiger partial charge in [0, 0.05) is 42.0 Å². The van der Waals surface area contributed by atoms with Crippen molar-refractivity contribution in [2.75, 3.05) is 20.2 Å². The highest BCUT2D eigenvalue weighted by Crippen LogP contribution is 2.77. The van der Waals surface area contributed by atoms with E-state index < -0.39 is 5.60 Å². The van der Waals surface area contributed by atoms with Crippen LogP contribution in [0.1, 0.15) is 75.3 Å². The molecule has 0 amide bonds. The molecule has 0 radical (unpaired) electrons. The summed E-state index contributed by atoms with van der Waals surface area (Å²) in [6, 6.07) is 4.53. The fraction of sp³-hybridized carbons (Fsp3) is 0.793. The van der Waals surface area contributed by atoms with Gasteiger partial charge in [-0.05, 0) is 87.8 Å². The zero-order valence-corrected chi connectivity index (χ0v) is 20.5. The molecule has 1 saturated heterocycles. The van der Waals surface area contributed by atoms with Crippen molar-refractivity contribution in [1.82, 2.24) is 4.90 Å². The molecule has 1 aromatic rings. The molecule has 7 atom stereocenters. The van der Waals surface area contributed by atoms with Gasteiger partial charge in [-0.2, -0.15) is 0 Å². The Morgan fingerprint density at radius 2 is 1.97 bits per heavy atom. The summed E-state index contributed by atoms with van der Waals surface area (Å²) < 4.78 is 13.5. The van der Waals surface area contributed by atoms with E-state index in [1.54, 1.807) is 0 Å². The maximum atomic E-state index is 11.9. The minimum absolute atomic E-state index is 0.0977. The van der Waals surface area contributed by atoms with Crippen LogP contribution in [-0.2, 0) is 16.6 Å². The van der Waals surface area contributed by atoms with Gasteiger partial charge in [0.05, 0.1) is 6.10 Å². The van der Waals surface area contributed by atoms with Crippen LogP contribution in [0, 0.1) is 23.2 Å². The van der Waals surface area contributed by atoms with Gasteiger partial charge in [-0.1, -0.05) is 18.9 Å². The molecular weight excluding hydrogens is 426 g/mol. The monoisotopic (exact) mass is 465 g/mol. The number of piperidine rings is 1. The summed E-state index contributed by atoms with van der Waals surface area (Å²) in [6.45, 7) is 2.35. The lowest BCUT2D eigenvalue weighted by Gasteiger charge is -2.74. The molecule has 5 saturated carbocycles. The number of aliphatic hydroxyl groups excluding tert-OH is 1. The second-order valence-electron chi connectivity index (χ2n) is 13.0. The SMILES string of the molecule is CO[C@]12CC[C@@]3(C[C@@H]1[C@@H](O)C1CCCC1)[C@H]1Cc4ccc(O)c5c4[C@@]3(CCN1CC1CC1)[C@H]2O5. The summed E-state index contributed by atoms with van der Waals surface area (Å²) in [7, 11) is 1.86. The maximum Gasteiger partial charge on any atom is 0.165 e. The molecule has 2 heterocycles. The highest BCUT2D eigenvalue weighted by molar-refractivity contribution is 5.63. The van der Waals surface area contributed by atoms with Crippen LogP contribution in [0.3, 0.4) is 0 Å². The number of phenols is 1. The number of benzene rings is 1. The standard InChI is InChI=1S/C29H39NO4/c1-33-29-11-10-27(15-20(29)24(32)18-4-2-3-5-18)22-14-19-8-9-21(31)25-23(19)28(27,26(29)34-25)12-13-30(22)16-17-6-7-17/h8-9,17-18,20,22,24,26,31-32H,2-7,10-16H2,1H3/t20-,22-,24+,26-,27-,28+,29-/m1/s1. The maximum absolute atomic E-state index is 11.9. The van der Waals surface area contributed by atoms with Crippen LogP contribution in [0.4, 0.5) is 0 Å². The van der Waals surface area contributed by atoms with E-state index in [2.05, 4.69) is 11.0 Å². The summed E-state index contributed by atoms with van der Waals surface area (Å²) in [5, 5.41) is 22.8. The lowest BCUT2D eigenvalue weighted by molar-refractivity contribution is -0.293. The summed E-state index contributed by atoms with van der Waals surface area (Å²) in [5.74, 6) is 2.40. The van der Waals surface area contributed by atoms with Gasteiger partial charge in [0.25, 0.3) is 0 Å². The number of phenolic OH excluding ortho intramolecular Hbond substituents is 1. The predicted octanol–water partition coefficient (Wildman–Crippen LogP) is 4.17. The quantitative estimate of drug-likeness (QED) is 0.684. The van der Waals surface area contributed by atoms with Crippen molar-refractivity contribution in [1.29, 1.82) is 0 Å². The van der Waals surface area contributed by atoms with Gasteiger partial charge in [0.2, 0.25) is 0 Å². The first-order valence-electron chi connectivity index (χ1n) is 14.0. The van der Waals surface area contributed by atoms with Gasteiger partial charge in [0.1, 0.15) is 11.7 Å². The summed E-state index contributed by atoms with van der Waals surface area (Å²) in [5.41, 5.74) is 2.22. The minimum Gasteiger partial charge on any atom is -0.504 e. The van der Waals surface area contributed by atoms with Crippen molar-refractivity contribution in [3.8, 4) is 11.5 Å². The predicted molar refractivity (Wildman–Crippen MR) is 128 cm³/mol. The van der Waals surface area contributed by atoms with Crippen molar-refractivity contribution < 1.29 is 19.7 Å². The molecule has 2 aliphatic heterocycles. The second kappa shape index (κ2) is 6.72. The average Bonchev–Trinajstić information content (AvgIpc) is 3.35. The molecule has 4 bridgehead atoms. The number of rotatable bonds is 5. The Balaban J connectivity index is 1.32. The number of fused-ring (bicyclic) bond motifs is 2. The average molecular weight is 466 g/mol. The lowest BCUT2D eigenvalue weighted by atomic mass is 9.34. The van der Waals surface area contributed by atoms with Gasteiger partial charge < -0.3 is 19.7 Å². The van der Waals surface area contributed by atoms with Gasteiger partial charge in [0.15, 0.2) is 11.5 Å². The Morgan fingerprint density at radius 3 is 2.74 bits per heavy atom. The molecule has 9 rings (SSSR count). The number of hydrogen-bond acceptors (Lipinski definition) is 5. The van der Waals surface area contributed by atoms with Crippen LogP contribution < -0.4 is 4.74 Å². The van der Waals surface area contributed by atoms with E-state index in [1.165, 1.54) is 43.4 Å². The molecule has 2 spiro atoms. The van der Waals surface area contributed by atoms with E-state index in [9.17, 15) is 10.2 Å². The van der Waals surface area contributed by atoms with Crippen LogP contribution in [0.25, 0.3) is 0 Å². The number of likely N-dealkylation sites (tertiary alicyclic amines) is 1. The minimum atomic E-state index is -0.479.